The summed E-state index contributed by atoms with van der Waals surface area (Å²) in [5.74, 6) is 1.87. The molecule has 0 unspecified atom stereocenters. The number of rotatable bonds is 9. The Morgan fingerprint density at radius 3 is 2.47 bits per heavy atom. The fourth-order valence-corrected chi connectivity index (χ4v) is 5.32. The van der Waals surface area contributed by atoms with E-state index in [-0.39, 0.29) is 24.4 Å². The van der Waals surface area contributed by atoms with Crippen LogP contribution in [0.25, 0.3) is 0 Å². The molecule has 0 spiro atoms. The molecule has 1 aliphatic carbocycles. The number of benzene rings is 1. The van der Waals surface area contributed by atoms with E-state index in [1.54, 1.807) is 6.20 Å². The van der Waals surface area contributed by atoms with Crippen LogP contribution < -0.4 is 14.5 Å². The largest absolute Gasteiger partial charge is 0.481 e. The summed E-state index contributed by atoms with van der Waals surface area (Å²) < 4.78 is 19.5. The van der Waals surface area contributed by atoms with E-state index in [9.17, 15) is 9.18 Å². The summed E-state index contributed by atoms with van der Waals surface area (Å²) in [6.07, 6.45) is 4.88. The highest BCUT2D eigenvalue weighted by atomic mass is 127. The smallest absolute Gasteiger partial charge is 0.231 e. The lowest BCUT2D eigenvalue weighted by Crippen LogP contribution is -2.50. The number of amides is 1. The highest BCUT2D eigenvalue weighted by Gasteiger charge is 2.31. The van der Waals surface area contributed by atoms with Gasteiger partial charge in [0.15, 0.2) is 0 Å². The summed E-state index contributed by atoms with van der Waals surface area (Å²) in [6.45, 7) is 4.87. The van der Waals surface area contributed by atoms with Crippen LogP contribution in [0.3, 0.4) is 0 Å². The molecule has 6 nitrogen and oxygen atoms in total. The van der Waals surface area contributed by atoms with E-state index in [2.05, 4.69) is 49.5 Å². The van der Waals surface area contributed by atoms with E-state index in [0.717, 1.165) is 69.8 Å². The number of carbonyl (C=O) groups excluding carboxylic acids is 1. The van der Waals surface area contributed by atoms with Crippen LogP contribution in [-0.2, 0) is 4.79 Å². The number of hydrogen-bond acceptors (Lipinski definition) is 5. The molecule has 0 bridgehead atoms. The molecule has 184 valence electrons. The Morgan fingerprint density at radius 1 is 1.06 bits per heavy atom. The van der Waals surface area contributed by atoms with E-state index < -0.39 is 0 Å². The van der Waals surface area contributed by atoms with Crippen LogP contribution in [0.4, 0.5) is 15.9 Å². The van der Waals surface area contributed by atoms with Crippen molar-refractivity contribution in [2.75, 3.05) is 60.4 Å². The number of carbonyl (C=O) groups is 1. The molecule has 8 heteroatoms. The SMILES string of the molecule is O=C(C1CCC(CF)CC1)N(CCN1CCN(c2ccccc2OCI)CC1)c1ccccn1. The molecule has 1 aromatic carbocycles. The topological polar surface area (TPSA) is 48.9 Å². The summed E-state index contributed by atoms with van der Waals surface area (Å²) >= 11 is 2.22. The molecule has 2 heterocycles. The van der Waals surface area contributed by atoms with Crippen LogP contribution in [0.2, 0.25) is 0 Å². The zero-order chi connectivity index (χ0) is 23.8. The maximum Gasteiger partial charge on any atom is 0.231 e. The third-order valence-electron chi connectivity index (χ3n) is 7.03. The molecule has 2 aliphatic rings. The molecule has 1 saturated heterocycles. The van der Waals surface area contributed by atoms with E-state index in [1.807, 2.05) is 35.2 Å². The molecule has 1 saturated carbocycles. The highest BCUT2D eigenvalue weighted by Crippen LogP contribution is 2.32. The van der Waals surface area contributed by atoms with Gasteiger partial charge >= 0.3 is 0 Å². The molecular weight excluding hydrogens is 546 g/mol. The number of halogens is 2. The van der Waals surface area contributed by atoms with Crippen LogP contribution in [0, 0.1) is 11.8 Å². The van der Waals surface area contributed by atoms with Crippen molar-refractivity contribution in [2.24, 2.45) is 11.8 Å². The summed E-state index contributed by atoms with van der Waals surface area (Å²) in [5.41, 5.74) is 1.15. The highest BCUT2D eigenvalue weighted by molar-refractivity contribution is 14.1. The van der Waals surface area contributed by atoms with Gasteiger partial charge < -0.3 is 9.64 Å². The first-order chi connectivity index (χ1) is 16.7. The van der Waals surface area contributed by atoms with Crippen molar-refractivity contribution < 1.29 is 13.9 Å². The molecular formula is C26H34FIN4O2. The van der Waals surface area contributed by atoms with Gasteiger partial charge in [0.1, 0.15) is 16.2 Å². The normalized spacial score (nSPS) is 21.3. The van der Waals surface area contributed by atoms with Crippen molar-refractivity contribution in [1.82, 2.24) is 9.88 Å². The van der Waals surface area contributed by atoms with Crippen molar-refractivity contribution >= 4 is 40.0 Å². The quantitative estimate of drug-likeness (QED) is 0.316. The Bertz CT molecular complexity index is 903. The molecule has 1 aromatic heterocycles. The van der Waals surface area contributed by atoms with E-state index in [1.165, 1.54) is 0 Å². The van der Waals surface area contributed by atoms with Crippen molar-refractivity contribution in [3.63, 3.8) is 0 Å². The van der Waals surface area contributed by atoms with Crippen LogP contribution in [0.15, 0.2) is 48.7 Å². The number of para-hydroxylation sites is 2. The van der Waals surface area contributed by atoms with Gasteiger partial charge in [0.25, 0.3) is 0 Å². The number of anilines is 2. The average molecular weight is 580 g/mol. The molecule has 2 aromatic rings. The number of hydrogen-bond donors (Lipinski definition) is 0. The lowest BCUT2D eigenvalue weighted by molar-refractivity contribution is -0.123. The summed E-state index contributed by atoms with van der Waals surface area (Å²) in [4.78, 5) is 24.6. The molecule has 0 atom stereocenters. The summed E-state index contributed by atoms with van der Waals surface area (Å²) in [6, 6.07) is 13.9. The fraction of sp³-hybridized carbons (Fsp3) is 0.538. The van der Waals surface area contributed by atoms with Gasteiger partial charge in [-0.1, -0.05) is 18.2 Å². The Labute approximate surface area is 215 Å². The first-order valence-corrected chi connectivity index (χ1v) is 13.8. The second-order valence-corrected chi connectivity index (χ2v) is 9.72. The third kappa shape index (κ3) is 6.38. The van der Waals surface area contributed by atoms with E-state index in [4.69, 9.17) is 4.74 Å². The fourth-order valence-electron chi connectivity index (χ4n) is 4.99. The monoisotopic (exact) mass is 580 g/mol. The van der Waals surface area contributed by atoms with Gasteiger partial charge in [0.2, 0.25) is 5.91 Å². The van der Waals surface area contributed by atoms with E-state index in [0.29, 0.717) is 17.0 Å². The molecule has 1 amide bonds. The van der Waals surface area contributed by atoms with Crippen molar-refractivity contribution in [3.8, 4) is 5.75 Å². The molecule has 0 N–H and O–H groups in total. The lowest BCUT2D eigenvalue weighted by Gasteiger charge is -2.38. The van der Waals surface area contributed by atoms with Gasteiger partial charge in [-0.15, -0.1) is 0 Å². The van der Waals surface area contributed by atoms with Gasteiger partial charge in [-0.05, 0) is 78.5 Å². The zero-order valence-electron chi connectivity index (χ0n) is 19.6. The lowest BCUT2D eigenvalue weighted by atomic mass is 9.82. The van der Waals surface area contributed by atoms with Crippen LogP contribution >= 0.6 is 22.6 Å². The molecule has 4 rings (SSSR count). The number of aromatic nitrogens is 1. The Balaban J connectivity index is 1.35. The maximum absolute atomic E-state index is 13.5. The second kappa shape index (κ2) is 12.7. The van der Waals surface area contributed by atoms with Crippen molar-refractivity contribution in [1.29, 1.82) is 0 Å². The average Bonchev–Trinajstić information content (AvgIpc) is 2.90. The summed E-state index contributed by atoms with van der Waals surface area (Å²) in [5, 5.41) is 0. The Kier molecular flexibility index (Phi) is 9.38. The van der Waals surface area contributed by atoms with Crippen LogP contribution in [-0.4, -0.2) is 66.3 Å². The van der Waals surface area contributed by atoms with Gasteiger partial charge in [-0.2, -0.15) is 0 Å². The standard InChI is InChI=1S/C26H34FIN4O2/c27-19-21-8-10-22(11-9-21)26(33)32(25-7-3-4-12-29-25)18-15-30-13-16-31(17-14-30)23-5-1-2-6-24(23)34-20-28/h1-7,12,21-22H,8-11,13-20H2. The Hall–Kier alpha value is -1.94. The third-order valence-corrected chi connectivity index (χ3v) is 7.35. The number of piperazine rings is 1. The van der Waals surface area contributed by atoms with Gasteiger partial charge in [0.05, 0.1) is 12.4 Å². The summed E-state index contributed by atoms with van der Waals surface area (Å²) in [7, 11) is 0. The minimum absolute atomic E-state index is 0.0314. The number of nitrogens with zero attached hydrogens (tertiary/aromatic N) is 4. The minimum Gasteiger partial charge on any atom is -0.481 e. The Morgan fingerprint density at radius 2 is 1.79 bits per heavy atom. The molecule has 0 radical (unpaired) electrons. The van der Waals surface area contributed by atoms with Gasteiger partial charge in [-0.25, -0.2) is 4.98 Å². The second-order valence-electron chi connectivity index (χ2n) is 9.10. The van der Waals surface area contributed by atoms with Gasteiger partial charge in [0, 0.05) is 51.4 Å². The number of alkyl halides is 2. The predicted octanol–water partition coefficient (Wildman–Crippen LogP) is 4.78. The molecule has 1 aliphatic heterocycles. The maximum atomic E-state index is 13.5. The first-order valence-electron chi connectivity index (χ1n) is 12.2. The van der Waals surface area contributed by atoms with E-state index >= 15 is 0 Å². The van der Waals surface area contributed by atoms with Gasteiger partial charge in [-0.3, -0.25) is 19.0 Å². The molecule has 2 fully saturated rings. The first kappa shape index (κ1) is 25.2. The zero-order valence-corrected chi connectivity index (χ0v) is 21.8. The number of pyridine rings is 1. The predicted molar refractivity (Wildman–Crippen MR) is 143 cm³/mol. The van der Waals surface area contributed by atoms with Crippen molar-refractivity contribution in [2.45, 2.75) is 25.7 Å². The minimum atomic E-state index is -0.272. The number of ether oxygens (including phenoxy) is 1. The van der Waals surface area contributed by atoms with Crippen LogP contribution in [0.5, 0.6) is 5.75 Å². The molecule has 34 heavy (non-hydrogen) atoms. The van der Waals surface area contributed by atoms with Crippen LogP contribution in [0.1, 0.15) is 25.7 Å². The van der Waals surface area contributed by atoms with Crippen molar-refractivity contribution in [3.05, 3.63) is 48.7 Å².